The van der Waals surface area contributed by atoms with Gasteiger partial charge in [-0.25, -0.2) is 0 Å². The van der Waals surface area contributed by atoms with Crippen LogP contribution in [0.1, 0.15) is 97.8 Å². The van der Waals surface area contributed by atoms with Crippen molar-refractivity contribution < 1.29 is 14.3 Å². The van der Waals surface area contributed by atoms with Gasteiger partial charge < -0.3 is 9.47 Å². The number of fused-ring (bicyclic) bond motifs is 5. The van der Waals surface area contributed by atoms with E-state index in [0.29, 0.717) is 5.92 Å². The van der Waals surface area contributed by atoms with Crippen LogP contribution < -0.4 is 0 Å². The van der Waals surface area contributed by atoms with Crippen molar-refractivity contribution in [3.8, 4) is 0 Å². The Balaban J connectivity index is 1.12. The molecule has 5 saturated carbocycles. The molecule has 5 nitrogen and oxygen atoms in total. The molecule has 10 atom stereocenters. The van der Waals surface area contributed by atoms with E-state index in [0.717, 1.165) is 36.8 Å². The third-order valence-electron chi connectivity index (χ3n) is 11.7. The van der Waals surface area contributed by atoms with E-state index in [9.17, 15) is 4.79 Å². The first kappa shape index (κ1) is 20.3. The minimum atomic E-state index is -0.104. The molecular formula is C27H40N2O3. The maximum Gasteiger partial charge on any atom is 0.302 e. The van der Waals surface area contributed by atoms with Gasteiger partial charge in [-0.15, -0.1) is 0 Å². The first-order chi connectivity index (χ1) is 15.4. The number of carbonyl (C=O) groups excluding carboxylic acids is 1. The highest BCUT2D eigenvalue weighted by atomic mass is 16.6. The predicted molar refractivity (Wildman–Crippen MR) is 122 cm³/mol. The van der Waals surface area contributed by atoms with Crippen LogP contribution in [0.3, 0.4) is 0 Å². The molecule has 1 spiro atoms. The number of hydrogen-bond acceptors (Lipinski definition) is 5. The van der Waals surface area contributed by atoms with Gasteiger partial charge in [-0.3, -0.25) is 9.80 Å². The van der Waals surface area contributed by atoms with Crippen LogP contribution >= 0.6 is 0 Å². The Hall–Kier alpha value is -1.10. The Kier molecular flexibility index (Phi) is 4.13. The normalized spacial score (nSPS) is 56.4. The standard InChI is InChI=1S/C27H40N2O3/c1-16(30)31-23-9-8-18-17-10-15-27-24(32-27)20(28-29-21-6-4-5-7-22(21)29)12-14-26(27,3)19(17)11-13-25(18,23)2/h17-19,21-24H,4-15H2,1-3H3/b28-20-/t17-,18-,19-,21?,22?,23-,24+,25-,26+,27+,29?/m0/s1. The maximum atomic E-state index is 11.7. The molecule has 7 rings (SSSR count). The van der Waals surface area contributed by atoms with Gasteiger partial charge in [-0.05, 0) is 82.0 Å². The molecule has 7 aliphatic rings. The number of esters is 1. The minimum absolute atomic E-state index is 0.0636. The molecule has 0 N–H and O–H groups in total. The van der Waals surface area contributed by atoms with Crippen molar-refractivity contribution in [2.24, 2.45) is 33.7 Å². The highest BCUT2D eigenvalue weighted by Crippen LogP contribution is 2.72. The number of nitrogens with zero attached hydrogens (tertiary/aromatic N) is 2. The molecular weight excluding hydrogens is 400 g/mol. The molecule has 5 heteroatoms. The van der Waals surface area contributed by atoms with Crippen LogP contribution in [0.2, 0.25) is 0 Å². The van der Waals surface area contributed by atoms with Gasteiger partial charge in [0.05, 0.1) is 17.8 Å². The van der Waals surface area contributed by atoms with E-state index in [4.69, 9.17) is 14.6 Å². The van der Waals surface area contributed by atoms with E-state index in [1.807, 2.05) is 0 Å². The lowest BCUT2D eigenvalue weighted by Gasteiger charge is -2.59. The first-order valence-electron chi connectivity index (χ1n) is 13.6. The number of hydrogen-bond donors (Lipinski definition) is 0. The summed E-state index contributed by atoms with van der Waals surface area (Å²) in [5.74, 6) is 2.12. The number of hydrazone groups is 1. The highest BCUT2D eigenvalue weighted by Gasteiger charge is 2.76. The van der Waals surface area contributed by atoms with Gasteiger partial charge in [-0.2, -0.15) is 5.10 Å². The second kappa shape index (κ2) is 6.52. The molecule has 0 aromatic rings. The van der Waals surface area contributed by atoms with Crippen LogP contribution in [0.4, 0.5) is 0 Å². The number of epoxide rings is 1. The van der Waals surface area contributed by atoms with Gasteiger partial charge >= 0.3 is 5.97 Å². The zero-order valence-corrected chi connectivity index (χ0v) is 20.1. The summed E-state index contributed by atoms with van der Waals surface area (Å²) in [5.41, 5.74) is 1.89. The zero-order valence-electron chi connectivity index (χ0n) is 20.1. The Morgan fingerprint density at radius 3 is 2.53 bits per heavy atom. The number of ether oxygens (including phenoxy) is 2. The number of carbonyl (C=O) groups is 1. The average molecular weight is 441 g/mol. The highest BCUT2D eigenvalue weighted by molar-refractivity contribution is 5.93. The Labute approximate surface area is 192 Å². The summed E-state index contributed by atoms with van der Waals surface area (Å²) in [7, 11) is 0. The molecule has 0 aromatic carbocycles. The van der Waals surface area contributed by atoms with Crippen molar-refractivity contribution in [3.05, 3.63) is 0 Å². The van der Waals surface area contributed by atoms with Crippen molar-refractivity contribution in [2.45, 2.75) is 128 Å². The summed E-state index contributed by atoms with van der Waals surface area (Å²) in [6, 6.07) is 1.47. The van der Waals surface area contributed by atoms with E-state index in [1.165, 1.54) is 69.9 Å². The van der Waals surface area contributed by atoms with E-state index in [-0.39, 0.29) is 34.6 Å². The van der Waals surface area contributed by atoms with Crippen molar-refractivity contribution in [1.82, 2.24) is 5.01 Å². The van der Waals surface area contributed by atoms with Crippen molar-refractivity contribution in [1.29, 1.82) is 0 Å². The molecule has 5 aliphatic carbocycles. The van der Waals surface area contributed by atoms with Crippen LogP contribution in [0.5, 0.6) is 0 Å². The van der Waals surface area contributed by atoms with Gasteiger partial charge in [-0.1, -0.05) is 26.7 Å². The van der Waals surface area contributed by atoms with Crippen LogP contribution in [0, 0.1) is 28.6 Å². The average Bonchev–Trinajstić information content (AvgIpc) is 3.64. The van der Waals surface area contributed by atoms with Crippen molar-refractivity contribution in [3.63, 3.8) is 0 Å². The van der Waals surface area contributed by atoms with Crippen LogP contribution in [-0.2, 0) is 14.3 Å². The van der Waals surface area contributed by atoms with Crippen LogP contribution in [-0.4, -0.2) is 46.6 Å². The molecule has 0 aromatic heterocycles. The summed E-state index contributed by atoms with van der Waals surface area (Å²) >= 11 is 0. The van der Waals surface area contributed by atoms with Crippen molar-refractivity contribution in [2.75, 3.05) is 0 Å². The fourth-order valence-electron chi connectivity index (χ4n) is 9.94. The maximum absolute atomic E-state index is 11.7. The first-order valence-corrected chi connectivity index (χ1v) is 13.6. The molecule has 176 valence electrons. The van der Waals surface area contributed by atoms with Gasteiger partial charge in [0.1, 0.15) is 17.8 Å². The summed E-state index contributed by atoms with van der Waals surface area (Å²) in [6.45, 7) is 6.57. The minimum Gasteiger partial charge on any atom is -0.462 e. The van der Waals surface area contributed by atoms with E-state index in [2.05, 4.69) is 18.9 Å². The van der Waals surface area contributed by atoms with Crippen LogP contribution in [0.15, 0.2) is 5.10 Å². The van der Waals surface area contributed by atoms with Gasteiger partial charge in [0.15, 0.2) is 0 Å². The topological polar surface area (TPSA) is 54.2 Å². The summed E-state index contributed by atoms with van der Waals surface area (Å²) in [6.07, 6.45) is 15.5. The third kappa shape index (κ3) is 2.50. The predicted octanol–water partition coefficient (Wildman–Crippen LogP) is 5.07. The largest absolute Gasteiger partial charge is 0.462 e. The Bertz CT molecular complexity index is 861. The fourth-order valence-corrected chi connectivity index (χ4v) is 9.94. The monoisotopic (exact) mass is 440 g/mol. The Morgan fingerprint density at radius 1 is 1.00 bits per heavy atom. The second-order valence-corrected chi connectivity index (χ2v) is 12.8. The second-order valence-electron chi connectivity index (χ2n) is 12.8. The summed E-state index contributed by atoms with van der Waals surface area (Å²) in [4.78, 5) is 11.7. The van der Waals surface area contributed by atoms with Crippen molar-refractivity contribution >= 4 is 11.7 Å². The summed E-state index contributed by atoms with van der Waals surface area (Å²) in [5, 5.41) is 7.65. The lowest BCUT2D eigenvalue weighted by molar-refractivity contribution is -0.160. The fraction of sp³-hybridized carbons (Fsp3) is 0.926. The molecule has 32 heavy (non-hydrogen) atoms. The van der Waals surface area contributed by atoms with E-state index in [1.54, 1.807) is 6.92 Å². The smallest absolute Gasteiger partial charge is 0.302 e. The van der Waals surface area contributed by atoms with Gasteiger partial charge in [0.25, 0.3) is 0 Å². The third-order valence-corrected chi connectivity index (χ3v) is 11.7. The van der Waals surface area contributed by atoms with E-state index < -0.39 is 0 Å². The number of rotatable bonds is 2. The van der Waals surface area contributed by atoms with E-state index >= 15 is 0 Å². The molecule has 2 unspecified atom stereocenters. The lowest BCUT2D eigenvalue weighted by atomic mass is 9.45. The molecule has 2 aliphatic heterocycles. The lowest BCUT2D eigenvalue weighted by Crippen LogP contribution is -2.58. The zero-order chi connectivity index (χ0) is 21.9. The quantitative estimate of drug-likeness (QED) is 0.444. The molecule has 0 amide bonds. The van der Waals surface area contributed by atoms with Gasteiger partial charge in [0, 0.05) is 17.8 Å². The Morgan fingerprint density at radius 2 is 1.78 bits per heavy atom. The molecule has 0 bridgehead atoms. The molecule has 0 radical (unpaired) electrons. The van der Waals surface area contributed by atoms with Crippen LogP contribution in [0.25, 0.3) is 0 Å². The molecule has 7 fully saturated rings. The SMILES string of the molecule is CC(=O)O[C@H]1CC[C@H]2[C@@H]3CC[C@@]45O[C@@H]4/C(=N\N4C6CCCCC64)CC[C@]5(C)[C@H]3CC[C@]12C. The summed E-state index contributed by atoms with van der Waals surface area (Å²) < 4.78 is 12.5. The van der Waals surface area contributed by atoms with Gasteiger partial charge in [0.2, 0.25) is 0 Å². The molecule has 2 heterocycles. The molecule has 2 saturated heterocycles.